The third-order valence-corrected chi connectivity index (χ3v) is 20.4. The normalized spacial score (nSPS) is 21.1. The minimum Gasteiger partial charge on any atom is -0.0805 e. The zero-order chi connectivity index (χ0) is 55.7. The molecule has 0 aliphatic heterocycles. The maximum atomic E-state index is 2.70. The van der Waals surface area contributed by atoms with Gasteiger partial charge in [0, 0.05) is 22.2 Å². The molecule has 81 heavy (non-hydrogen) atoms. The highest BCUT2D eigenvalue weighted by atomic mass is 14.7. The van der Waals surface area contributed by atoms with Crippen LogP contribution in [0, 0.1) is 11.3 Å². The van der Waals surface area contributed by atoms with Gasteiger partial charge in [0.05, 0.1) is 0 Å². The summed E-state index contributed by atoms with van der Waals surface area (Å²) in [5, 5.41) is 7.93. The van der Waals surface area contributed by atoms with E-state index in [9.17, 15) is 0 Å². The Morgan fingerprint density at radius 3 is 1.49 bits per heavy atom. The Bertz CT molecular complexity index is 4220. The summed E-state index contributed by atoms with van der Waals surface area (Å²) in [5.41, 5.74) is 19.5. The van der Waals surface area contributed by atoms with Gasteiger partial charge in [-0.05, 0) is 146 Å². The fourth-order valence-electron chi connectivity index (χ4n) is 15.9. The van der Waals surface area contributed by atoms with E-state index in [0.29, 0.717) is 0 Å². The summed E-state index contributed by atoms with van der Waals surface area (Å²) in [5.74, 6) is -0.0374. The summed E-state index contributed by atoms with van der Waals surface area (Å²) in [6.07, 6.45) is 12.5. The van der Waals surface area contributed by atoms with Crippen molar-refractivity contribution in [1.82, 2.24) is 0 Å². The largest absolute Gasteiger partial charge is 0.0805 e. The van der Waals surface area contributed by atoms with E-state index >= 15 is 0 Å². The molecule has 5 unspecified atom stereocenters. The van der Waals surface area contributed by atoms with Crippen LogP contribution < -0.4 is 0 Å². The van der Waals surface area contributed by atoms with Crippen LogP contribution in [0.4, 0.5) is 0 Å². The molecule has 398 valence electrons. The molecular weight excluding hydrogens is 973 g/mol. The first kappa shape index (κ1) is 52.1. The van der Waals surface area contributed by atoms with Gasteiger partial charge in [-0.1, -0.05) is 317 Å². The minimum atomic E-state index is -0.665. The maximum absolute atomic E-state index is 2.70. The van der Waals surface area contributed by atoms with Crippen molar-refractivity contribution in [3.8, 4) is 44.5 Å². The molecule has 0 nitrogen and oxygen atoms in total. The Balaban J connectivity index is 1.43. The second-order valence-corrected chi connectivity index (χ2v) is 24.4. The first-order chi connectivity index (χ1) is 39.5. The van der Waals surface area contributed by atoms with Crippen LogP contribution in [-0.2, 0) is 29.1 Å². The van der Waals surface area contributed by atoms with E-state index in [-0.39, 0.29) is 11.8 Å². The summed E-state index contributed by atoms with van der Waals surface area (Å²) in [4.78, 5) is 0. The molecule has 0 saturated heterocycles. The molecule has 0 spiro atoms. The smallest absolute Gasteiger partial charge is 0.0247 e. The fraction of sp³-hybridized carbons (Fsp3) is 0.210. The van der Waals surface area contributed by atoms with Crippen LogP contribution in [0.5, 0.6) is 0 Å². The Hall–Kier alpha value is -8.32. The molecule has 2 aliphatic carbocycles. The standard InChI is InChI=1S/C81H74/c1-9-33-66-69(58-39-17-12-18-40-58)61(10-2)70(59-41-19-13-20-42-59)73-72(66)71(60-43-21-14-22-44-60)74-75(65-50-28-27-47-62(65)55-35-15-11-16-36-55)80(7,67-51-31-45-56-37-23-25-48-63(56)67)78(4,5)81(8,68-52-32-46-57-38-24-26-49-64(57)68)77(74)76(73)79(6)53-30-29-34-54(79)3/h11-32,34-54,75H,9-10,33H2,1-8H3. The highest BCUT2D eigenvalue weighted by molar-refractivity contribution is 6.15. The second kappa shape index (κ2) is 20.3. The molecule has 0 aromatic heterocycles. The number of hydrogen-bond donors (Lipinski definition) is 0. The van der Waals surface area contributed by atoms with Crippen LogP contribution in [-0.4, -0.2) is 0 Å². The Kier molecular flexibility index (Phi) is 13.1. The van der Waals surface area contributed by atoms with Gasteiger partial charge in [0.15, 0.2) is 0 Å². The summed E-state index contributed by atoms with van der Waals surface area (Å²) in [6.45, 7) is 20.6. The lowest BCUT2D eigenvalue weighted by atomic mass is 9.37. The van der Waals surface area contributed by atoms with E-state index in [1.165, 1.54) is 121 Å². The number of hydrogen-bond acceptors (Lipinski definition) is 0. The topological polar surface area (TPSA) is 0 Å². The van der Waals surface area contributed by atoms with Crippen LogP contribution in [0.25, 0.3) is 76.8 Å². The van der Waals surface area contributed by atoms with Crippen molar-refractivity contribution in [2.24, 2.45) is 11.3 Å². The maximum Gasteiger partial charge on any atom is 0.0247 e. The zero-order valence-corrected chi connectivity index (χ0v) is 48.5. The van der Waals surface area contributed by atoms with Gasteiger partial charge in [-0.15, -0.1) is 0 Å². The van der Waals surface area contributed by atoms with Crippen LogP contribution in [0.1, 0.15) is 112 Å². The van der Waals surface area contributed by atoms with Crippen molar-refractivity contribution in [2.45, 2.75) is 96.8 Å². The molecule has 13 rings (SSSR count). The lowest BCUT2D eigenvalue weighted by Gasteiger charge is -2.65. The Morgan fingerprint density at radius 1 is 0.420 bits per heavy atom. The molecule has 11 aromatic rings. The van der Waals surface area contributed by atoms with Gasteiger partial charge in [0.1, 0.15) is 0 Å². The average molecular weight is 1050 g/mol. The number of rotatable bonds is 11. The van der Waals surface area contributed by atoms with Gasteiger partial charge < -0.3 is 0 Å². The van der Waals surface area contributed by atoms with Crippen molar-refractivity contribution in [3.05, 3.63) is 299 Å². The van der Waals surface area contributed by atoms with Crippen LogP contribution in [0.2, 0.25) is 0 Å². The molecule has 0 heterocycles. The second-order valence-electron chi connectivity index (χ2n) is 24.4. The number of allylic oxidation sites excluding steroid dienone is 4. The van der Waals surface area contributed by atoms with Gasteiger partial charge in [-0.3, -0.25) is 0 Å². The molecule has 0 amide bonds. The van der Waals surface area contributed by atoms with Gasteiger partial charge >= 0.3 is 0 Å². The predicted octanol–water partition coefficient (Wildman–Crippen LogP) is 21.8. The zero-order valence-electron chi connectivity index (χ0n) is 48.5. The number of fused-ring (bicyclic) bond motifs is 4. The van der Waals surface area contributed by atoms with Gasteiger partial charge in [-0.25, -0.2) is 0 Å². The quantitative estimate of drug-likeness (QED) is 0.121. The van der Waals surface area contributed by atoms with E-state index in [2.05, 4.69) is 310 Å². The van der Waals surface area contributed by atoms with Crippen molar-refractivity contribution in [2.75, 3.05) is 0 Å². The first-order valence-electron chi connectivity index (χ1n) is 29.8. The Morgan fingerprint density at radius 2 is 0.914 bits per heavy atom. The molecule has 0 fully saturated rings. The molecule has 0 radical (unpaired) electrons. The van der Waals surface area contributed by atoms with Gasteiger partial charge in [0.2, 0.25) is 0 Å². The molecule has 2 aliphatic rings. The van der Waals surface area contributed by atoms with Crippen molar-refractivity contribution >= 4 is 32.3 Å². The van der Waals surface area contributed by atoms with Crippen molar-refractivity contribution < 1.29 is 0 Å². The lowest BCUT2D eigenvalue weighted by Crippen LogP contribution is -2.60. The summed E-state index contributed by atoms with van der Waals surface area (Å²) in [7, 11) is 0. The summed E-state index contributed by atoms with van der Waals surface area (Å²) in [6, 6.07) is 88.3. The van der Waals surface area contributed by atoms with E-state index < -0.39 is 21.7 Å². The average Bonchev–Trinajstić information content (AvgIpc) is 3.37. The van der Waals surface area contributed by atoms with Gasteiger partial charge in [-0.2, -0.15) is 0 Å². The minimum absolute atomic E-state index is 0.149. The monoisotopic (exact) mass is 1050 g/mol. The fourth-order valence-corrected chi connectivity index (χ4v) is 15.9. The van der Waals surface area contributed by atoms with Gasteiger partial charge in [0.25, 0.3) is 0 Å². The van der Waals surface area contributed by atoms with E-state index in [0.717, 1.165) is 19.3 Å². The molecule has 5 atom stereocenters. The third-order valence-electron chi connectivity index (χ3n) is 20.4. The first-order valence-corrected chi connectivity index (χ1v) is 29.8. The summed E-state index contributed by atoms with van der Waals surface area (Å²) >= 11 is 0. The van der Waals surface area contributed by atoms with Crippen LogP contribution in [0.3, 0.4) is 0 Å². The molecular formula is C81H74. The molecule has 11 aromatic carbocycles. The van der Waals surface area contributed by atoms with E-state index in [1.807, 2.05) is 0 Å². The van der Waals surface area contributed by atoms with Crippen molar-refractivity contribution in [3.63, 3.8) is 0 Å². The summed E-state index contributed by atoms with van der Waals surface area (Å²) < 4.78 is 0. The highest BCUT2D eigenvalue weighted by Crippen LogP contribution is 2.73. The molecule has 0 N–H and O–H groups in total. The van der Waals surface area contributed by atoms with Crippen LogP contribution >= 0.6 is 0 Å². The lowest BCUT2D eigenvalue weighted by molar-refractivity contribution is 0.0623. The highest BCUT2D eigenvalue weighted by Gasteiger charge is 2.66. The molecule has 0 bridgehead atoms. The predicted molar refractivity (Wildman–Crippen MR) is 348 cm³/mol. The number of aryl methyl sites for hydroxylation is 1. The van der Waals surface area contributed by atoms with Crippen LogP contribution in [0.15, 0.2) is 255 Å². The van der Waals surface area contributed by atoms with Crippen molar-refractivity contribution in [1.29, 1.82) is 0 Å². The Labute approximate surface area is 481 Å². The third kappa shape index (κ3) is 7.77. The van der Waals surface area contributed by atoms with E-state index in [4.69, 9.17) is 0 Å². The van der Waals surface area contributed by atoms with E-state index in [1.54, 1.807) is 0 Å². The SMILES string of the molecule is CCCc1c(-c2ccccc2)c(CC)c(-c2ccccc2)c2c(C3(C)C=CC=CC3C)c3c(c(-c4ccccc4)c12)C(c1ccccc1-c1ccccc1)C(C)(c1cccc2ccccc12)C(C)(C)C3(C)c1cccc2ccccc12. The number of benzene rings is 11. The molecule has 0 heteroatoms. The molecule has 0 saturated carbocycles.